The second kappa shape index (κ2) is 9.11. The normalized spacial score (nSPS) is 19.4. The second-order valence-electron chi connectivity index (χ2n) is 5.94. The Labute approximate surface area is 138 Å². The Morgan fingerprint density at radius 1 is 1.45 bits per heavy atom. The molecule has 0 bridgehead atoms. The summed E-state index contributed by atoms with van der Waals surface area (Å²) in [4.78, 5) is 14.4. The van der Waals surface area contributed by atoms with Crippen molar-refractivity contribution in [2.24, 2.45) is 5.92 Å². The number of amides is 1. The topological polar surface area (TPSA) is 32.3 Å². The van der Waals surface area contributed by atoms with Crippen molar-refractivity contribution >= 4 is 18.3 Å². The number of aryl methyl sites for hydroxylation is 1. The fourth-order valence-corrected chi connectivity index (χ4v) is 2.92. The van der Waals surface area contributed by atoms with Crippen molar-refractivity contribution in [1.82, 2.24) is 10.2 Å². The first-order valence-electron chi connectivity index (χ1n) is 7.81. The van der Waals surface area contributed by atoms with E-state index in [1.54, 1.807) is 12.1 Å². The second-order valence-corrected chi connectivity index (χ2v) is 5.94. The molecule has 0 spiro atoms. The van der Waals surface area contributed by atoms with Gasteiger partial charge in [-0.15, -0.1) is 12.4 Å². The molecule has 1 aromatic rings. The molecule has 1 aliphatic rings. The molecule has 2 atom stereocenters. The van der Waals surface area contributed by atoms with Gasteiger partial charge in [0.05, 0.1) is 0 Å². The lowest BCUT2D eigenvalue weighted by molar-refractivity contribution is -0.136. The van der Waals surface area contributed by atoms with Crippen LogP contribution in [0.25, 0.3) is 0 Å². The van der Waals surface area contributed by atoms with Crippen LogP contribution in [-0.4, -0.2) is 37.0 Å². The number of likely N-dealkylation sites (tertiary alicyclic amines) is 1. The highest BCUT2D eigenvalue weighted by Crippen LogP contribution is 2.18. The van der Waals surface area contributed by atoms with Crippen LogP contribution in [0.2, 0.25) is 0 Å². The Morgan fingerprint density at radius 2 is 2.18 bits per heavy atom. The van der Waals surface area contributed by atoms with Gasteiger partial charge in [-0.05, 0) is 44.4 Å². The highest BCUT2D eigenvalue weighted by atomic mass is 35.5. The summed E-state index contributed by atoms with van der Waals surface area (Å²) in [5, 5.41) is 3.25. The summed E-state index contributed by atoms with van der Waals surface area (Å²) in [5.41, 5.74) is 0.698. The number of piperidine rings is 1. The van der Waals surface area contributed by atoms with Gasteiger partial charge in [-0.25, -0.2) is 4.39 Å². The Morgan fingerprint density at radius 3 is 2.86 bits per heavy atom. The van der Waals surface area contributed by atoms with E-state index in [0.29, 0.717) is 24.4 Å². The van der Waals surface area contributed by atoms with Crippen LogP contribution in [-0.2, 0) is 11.2 Å². The standard InChI is InChI=1S/C17H25FN2O.ClH/c1-13(9-10-14-6-3-4-8-16(14)18)17(21)20-11-5-7-15(12-20)19-2;/h3-4,6,8,13,15,19H,5,7,9-12H2,1-2H3;1H. The van der Waals surface area contributed by atoms with Crippen LogP contribution >= 0.6 is 12.4 Å². The van der Waals surface area contributed by atoms with E-state index in [-0.39, 0.29) is 30.0 Å². The van der Waals surface area contributed by atoms with Gasteiger partial charge in [0.25, 0.3) is 0 Å². The lowest BCUT2D eigenvalue weighted by Gasteiger charge is -2.34. The number of hydrogen-bond donors (Lipinski definition) is 1. The Hall–Kier alpha value is -1.13. The van der Waals surface area contributed by atoms with Crippen LogP contribution in [0.4, 0.5) is 4.39 Å². The van der Waals surface area contributed by atoms with E-state index in [9.17, 15) is 9.18 Å². The minimum absolute atomic E-state index is 0. The van der Waals surface area contributed by atoms with Gasteiger partial charge in [-0.1, -0.05) is 25.1 Å². The van der Waals surface area contributed by atoms with Crippen LogP contribution in [0.3, 0.4) is 0 Å². The van der Waals surface area contributed by atoms with Gasteiger partial charge in [0.15, 0.2) is 0 Å². The molecule has 3 nitrogen and oxygen atoms in total. The summed E-state index contributed by atoms with van der Waals surface area (Å²) in [6, 6.07) is 7.21. The highest BCUT2D eigenvalue weighted by Gasteiger charge is 2.25. The summed E-state index contributed by atoms with van der Waals surface area (Å²) >= 11 is 0. The number of likely N-dealkylation sites (N-methyl/N-ethyl adjacent to an activating group) is 1. The minimum atomic E-state index is -0.176. The number of rotatable bonds is 5. The quantitative estimate of drug-likeness (QED) is 0.901. The number of hydrogen-bond acceptors (Lipinski definition) is 2. The molecule has 2 rings (SSSR count). The van der Waals surface area contributed by atoms with Crippen molar-refractivity contribution in [2.75, 3.05) is 20.1 Å². The molecule has 1 saturated heterocycles. The zero-order valence-electron chi connectivity index (χ0n) is 13.3. The van der Waals surface area contributed by atoms with E-state index >= 15 is 0 Å². The molecule has 1 aromatic carbocycles. The molecule has 124 valence electrons. The van der Waals surface area contributed by atoms with Crippen LogP contribution in [0.5, 0.6) is 0 Å². The fourth-order valence-electron chi connectivity index (χ4n) is 2.92. The number of carbonyl (C=O) groups is 1. The predicted molar refractivity (Wildman–Crippen MR) is 89.8 cm³/mol. The smallest absolute Gasteiger partial charge is 0.225 e. The van der Waals surface area contributed by atoms with Gasteiger partial charge in [0, 0.05) is 25.0 Å². The SMILES string of the molecule is CNC1CCCN(C(=O)C(C)CCc2ccccc2F)C1.Cl. The molecule has 0 aliphatic carbocycles. The minimum Gasteiger partial charge on any atom is -0.341 e. The van der Waals surface area contributed by atoms with E-state index in [4.69, 9.17) is 0 Å². The molecular formula is C17H26ClFN2O. The van der Waals surface area contributed by atoms with Gasteiger partial charge in [-0.2, -0.15) is 0 Å². The van der Waals surface area contributed by atoms with Crippen LogP contribution in [0.1, 0.15) is 31.7 Å². The third-order valence-corrected chi connectivity index (χ3v) is 4.37. The molecule has 1 fully saturated rings. The van der Waals surface area contributed by atoms with Crippen molar-refractivity contribution in [2.45, 2.75) is 38.6 Å². The number of nitrogens with zero attached hydrogens (tertiary/aromatic N) is 1. The third-order valence-electron chi connectivity index (χ3n) is 4.37. The molecule has 1 amide bonds. The van der Waals surface area contributed by atoms with E-state index in [1.807, 2.05) is 24.9 Å². The highest BCUT2D eigenvalue weighted by molar-refractivity contribution is 5.85. The maximum Gasteiger partial charge on any atom is 0.225 e. The number of benzene rings is 1. The van der Waals surface area contributed by atoms with Gasteiger partial charge in [-0.3, -0.25) is 4.79 Å². The zero-order valence-corrected chi connectivity index (χ0v) is 14.2. The average molecular weight is 329 g/mol. The van der Waals surface area contributed by atoms with E-state index in [1.165, 1.54) is 6.07 Å². The van der Waals surface area contributed by atoms with E-state index in [0.717, 1.165) is 25.9 Å². The predicted octanol–water partition coefficient (Wildman–Crippen LogP) is 3.03. The largest absolute Gasteiger partial charge is 0.341 e. The first kappa shape index (κ1) is 18.9. The molecule has 1 N–H and O–H groups in total. The molecule has 2 unspecified atom stereocenters. The lowest BCUT2D eigenvalue weighted by Crippen LogP contribution is -2.48. The molecule has 1 aliphatic heterocycles. The Bertz CT molecular complexity index is 483. The monoisotopic (exact) mass is 328 g/mol. The molecule has 1 heterocycles. The van der Waals surface area contributed by atoms with Crippen LogP contribution in [0, 0.1) is 11.7 Å². The molecule has 0 aromatic heterocycles. The average Bonchev–Trinajstić information content (AvgIpc) is 2.53. The van der Waals surface area contributed by atoms with Gasteiger partial charge in [0.1, 0.15) is 5.82 Å². The van der Waals surface area contributed by atoms with Crippen molar-refractivity contribution in [3.63, 3.8) is 0 Å². The first-order chi connectivity index (χ1) is 10.1. The van der Waals surface area contributed by atoms with Crippen LogP contribution < -0.4 is 5.32 Å². The van der Waals surface area contributed by atoms with Gasteiger partial charge in [0.2, 0.25) is 5.91 Å². The summed E-state index contributed by atoms with van der Waals surface area (Å²) in [5.74, 6) is -0.0307. The van der Waals surface area contributed by atoms with E-state index < -0.39 is 0 Å². The zero-order chi connectivity index (χ0) is 15.2. The third kappa shape index (κ3) is 4.96. The maximum atomic E-state index is 13.6. The Balaban J connectivity index is 0.00000242. The number of halogens is 2. The van der Waals surface area contributed by atoms with Crippen molar-refractivity contribution < 1.29 is 9.18 Å². The summed E-state index contributed by atoms with van der Waals surface area (Å²) in [7, 11) is 1.94. The number of nitrogens with one attached hydrogen (secondary N) is 1. The van der Waals surface area contributed by atoms with Crippen molar-refractivity contribution in [1.29, 1.82) is 0 Å². The van der Waals surface area contributed by atoms with Crippen LogP contribution in [0.15, 0.2) is 24.3 Å². The summed E-state index contributed by atoms with van der Waals surface area (Å²) in [6.45, 7) is 3.59. The van der Waals surface area contributed by atoms with E-state index in [2.05, 4.69) is 5.32 Å². The molecule has 5 heteroatoms. The molecule has 0 radical (unpaired) electrons. The molecule has 22 heavy (non-hydrogen) atoms. The van der Waals surface area contributed by atoms with Gasteiger partial charge < -0.3 is 10.2 Å². The number of carbonyl (C=O) groups excluding carboxylic acids is 1. The summed E-state index contributed by atoms with van der Waals surface area (Å²) in [6.07, 6.45) is 3.49. The molecule has 0 saturated carbocycles. The fraction of sp³-hybridized carbons (Fsp3) is 0.588. The Kier molecular flexibility index (Phi) is 7.83. The maximum absolute atomic E-state index is 13.6. The summed E-state index contributed by atoms with van der Waals surface area (Å²) < 4.78 is 13.6. The lowest BCUT2D eigenvalue weighted by atomic mass is 9.97. The van der Waals surface area contributed by atoms with Gasteiger partial charge >= 0.3 is 0 Å². The first-order valence-corrected chi connectivity index (χ1v) is 7.81. The molecular weight excluding hydrogens is 303 g/mol. The van der Waals surface area contributed by atoms with Crippen molar-refractivity contribution in [3.05, 3.63) is 35.6 Å². The van der Waals surface area contributed by atoms with Crippen molar-refractivity contribution in [3.8, 4) is 0 Å².